The van der Waals surface area contributed by atoms with E-state index in [4.69, 9.17) is 9.47 Å². The predicted molar refractivity (Wildman–Crippen MR) is 107 cm³/mol. The van der Waals surface area contributed by atoms with Gasteiger partial charge >= 0.3 is 0 Å². The van der Waals surface area contributed by atoms with Crippen molar-refractivity contribution in [2.24, 2.45) is 0 Å². The molecule has 0 saturated carbocycles. The first-order valence-corrected chi connectivity index (χ1v) is 8.87. The highest BCUT2D eigenvalue weighted by molar-refractivity contribution is 5.92. The van der Waals surface area contributed by atoms with Gasteiger partial charge in [-0.1, -0.05) is 42.5 Å². The number of aryl methyl sites for hydroxylation is 2. The molecule has 0 spiro atoms. The molecule has 0 aliphatic rings. The van der Waals surface area contributed by atoms with E-state index in [9.17, 15) is 4.79 Å². The fraction of sp³-hybridized carbons (Fsp3) is 0.174. The summed E-state index contributed by atoms with van der Waals surface area (Å²) in [7, 11) is 0. The maximum Gasteiger partial charge on any atom is 0.262 e. The van der Waals surface area contributed by atoms with E-state index in [0.717, 1.165) is 28.1 Å². The van der Waals surface area contributed by atoms with Crippen molar-refractivity contribution in [1.29, 1.82) is 0 Å². The Morgan fingerprint density at radius 2 is 1.52 bits per heavy atom. The molecule has 1 N–H and O–H groups in total. The van der Waals surface area contributed by atoms with Crippen LogP contribution in [0.15, 0.2) is 72.8 Å². The molecule has 1 amide bonds. The highest BCUT2D eigenvalue weighted by Crippen LogP contribution is 2.19. The highest BCUT2D eigenvalue weighted by atomic mass is 16.5. The summed E-state index contributed by atoms with van der Waals surface area (Å²) in [6.07, 6.45) is 0. The molecule has 0 radical (unpaired) electrons. The van der Waals surface area contributed by atoms with Crippen molar-refractivity contribution >= 4 is 11.6 Å². The van der Waals surface area contributed by atoms with Crippen LogP contribution in [0.25, 0.3) is 0 Å². The summed E-state index contributed by atoms with van der Waals surface area (Å²) in [6, 6.07) is 23.2. The Hall–Kier alpha value is -3.27. The average Bonchev–Trinajstić information content (AvgIpc) is 2.69. The zero-order chi connectivity index (χ0) is 19.1. The van der Waals surface area contributed by atoms with E-state index in [2.05, 4.69) is 5.32 Å². The number of benzene rings is 3. The van der Waals surface area contributed by atoms with E-state index in [0.29, 0.717) is 12.4 Å². The Morgan fingerprint density at radius 3 is 2.22 bits per heavy atom. The summed E-state index contributed by atoms with van der Waals surface area (Å²) in [5.74, 6) is 1.19. The van der Waals surface area contributed by atoms with Crippen molar-refractivity contribution in [3.63, 3.8) is 0 Å². The van der Waals surface area contributed by atoms with E-state index in [1.54, 1.807) is 12.1 Å². The van der Waals surface area contributed by atoms with E-state index in [1.165, 1.54) is 0 Å². The van der Waals surface area contributed by atoms with Crippen molar-refractivity contribution in [1.82, 2.24) is 0 Å². The van der Waals surface area contributed by atoms with Gasteiger partial charge in [0.2, 0.25) is 0 Å². The molecule has 3 rings (SSSR count). The molecule has 0 heterocycles. The van der Waals surface area contributed by atoms with Crippen molar-refractivity contribution in [3.05, 3.63) is 89.5 Å². The number of ether oxygens (including phenoxy) is 2. The molecular weight excluding hydrogens is 338 g/mol. The van der Waals surface area contributed by atoms with Crippen LogP contribution in [0.4, 0.5) is 5.69 Å². The van der Waals surface area contributed by atoms with Crippen molar-refractivity contribution < 1.29 is 14.3 Å². The van der Waals surface area contributed by atoms with Gasteiger partial charge in [0.25, 0.3) is 5.91 Å². The van der Waals surface area contributed by atoms with E-state index in [1.807, 2.05) is 74.5 Å². The standard InChI is InChI=1S/C23H23NO3/c1-17-8-9-18(2)22(14-17)24-23(25)16-27-21-12-10-20(11-13-21)26-15-19-6-4-3-5-7-19/h3-14H,15-16H2,1-2H3,(H,24,25). The Balaban J connectivity index is 1.48. The van der Waals surface area contributed by atoms with Crippen LogP contribution in [0, 0.1) is 13.8 Å². The van der Waals surface area contributed by atoms with Crippen LogP contribution in [0.1, 0.15) is 16.7 Å². The van der Waals surface area contributed by atoms with Crippen molar-refractivity contribution in [3.8, 4) is 11.5 Å². The minimum atomic E-state index is -0.187. The van der Waals surface area contributed by atoms with E-state index < -0.39 is 0 Å². The summed E-state index contributed by atoms with van der Waals surface area (Å²) < 4.78 is 11.3. The maximum absolute atomic E-state index is 12.1. The third-order valence-electron chi connectivity index (χ3n) is 4.11. The third kappa shape index (κ3) is 5.61. The lowest BCUT2D eigenvalue weighted by Gasteiger charge is -2.11. The molecule has 0 aromatic heterocycles. The second kappa shape index (κ2) is 8.90. The summed E-state index contributed by atoms with van der Waals surface area (Å²) >= 11 is 0. The topological polar surface area (TPSA) is 47.6 Å². The van der Waals surface area contributed by atoms with Gasteiger partial charge in [-0.2, -0.15) is 0 Å². The van der Waals surface area contributed by atoms with Gasteiger partial charge in [-0.3, -0.25) is 4.79 Å². The minimum Gasteiger partial charge on any atom is -0.489 e. The Morgan fingerprint density at radius 1 is 0.852 bits per heavy atom. The highest BCUT2D eigenvalue weighted by Gasteiger charge is 2.06. The number of carbonyl (C=O) groups excluding carboxylic acids is 1. The zero-order valence-corrected chi connectivity index (χ0v) is 15.6. The Labute approximate surface area is 159 Å². The predicted octanol–water partition coefficient (Wildman–Crippen LogP) is 4.90. The van der Waals surface area contributed by atoms with Gasteiger partial charge in [-0.25, -0.2) is 0 Å². The smallest absolute Gasteiger partial charge is 0.262 e. The van der Waals surface area contributed by atoms with Gasteiger partial charge in [-0.05, 0) is 60.9 Å². The number of amides is 1. The number of nitrogens with one attached hydrogen (secondary N) is 1. The van der Waals surface area contributed by atoms with Crippen LogP contribution < -0.4 is 14.8 Å². The Kier molecular flexibility index (Phi) is 6.10. The number of hydrogen-bond acceptors (Lipinski definition) is 3. The lowest BCUT2D eigenvalue weighted by Crippen LogP contribution is -2.20. The maximum atomic E-state index is 12.1. The molecule has 0 atom stereocenters. The number of carbonyl (C=O) groups is 1. The fourth-order valence-corrected chi connectivity index (χ4v) is 2.58. The molecule has 4 nitrogen and oxygen atoms in total. The van der Waals surface area contributed by atoms with Gasteiger partial charge < -0.3 is 14.8 Å². The zero-order valence-electron chi connectivity index (χ0n) is 15.6. The molecule has 0 bridgehead atoms. The summed E-state index contributed by atoms with van der Waals surface area (Å²) in [6.45, 7) is 4.42. The number of rotatable bonds is 7. The van der Waals surface area contributed by atoms with Crippen LogP contribution in [0.5, 0.6) is 11.5 Å². The summed E-state index contributed by atoms with van der Waals surface area (Å²) in [4.78, 5) is 12.1. The first-order chi connectivity index (χ1) is 13.1. The Bertz CT molecular complexity index is 889. The van der Waals surface area contributed by atoms with Crippen LogP contribution >= 0.6 is 0 Å². The lowest BCUT2D eigenvalue weighted by atomic mass is 10.1. The van der Waals surface area contributed by atoms with Crippen LogP contribution in [-0.4, -0.2) is 12.5 Å². The summed E-state index contributed by atoms with van der Waals surface area (Å²) in [5, 5.41) is 2.88. The molecule has 138 valence electrons. The average molecular weight is 361 g/mol. The second-order valence-electron chi connectivity index (χ2n) is 6.40. The molecular formula is C23H23NO3. The SMILES string of the molecule is Cc1ccc(C)c(NC(=O)COc2ccc(OCc3ccccc3)cc2)c1. The normalized spacial score (nSPS) is 10.3. The van der Waals surface area contributed by atoms with Gasteiger partial charge in [0, 0.05) is 5.69 Å². The van der Waals surface area contributed by atoms with Crippen LogP contribution in [-0.2, 0) is 11.4 Å². The molecule has 3 aromatic carbocycles. The van der Waals surface area contributed by atoms with Crippen molar-refractivity contribution in [2.45, 2.75) is 20.5 Å². The molecule has 0 unspecified atom stereocenters. The van der Waals surface area contributed by atoms with Gasteiger partial charge in [-0.15, -0.1) is 0 Å². The van der Waals surface area contributed by atoms with Gasteiger partial charge in [0.05, 0.1) is 0 Å². The molecule has 0 aliphatic heterocycles. The third-order valence-corrected chi connectivity index (χ3v) is 4.11. The monoisotopic (exact) mass is 361 g/mol. The largest absolute Gasteiger partial charge is 0.489 e. The number of anilines is 1. The van der Waals surface area contributed by atoms with Crippen LogP contribution in [0.3, 0.4) is 0 Å². The fourth-order valence-electron chi connectivity index (χ4n) is 2.58. The molecule has 0 fully saturated rings. The second-order valence-corrected chi connectivity index (χ2v) is 6.40. The minimum absolute atomic E-state index is 0.0440. The molecule has 0 aliphatic carbocycles. The lowest BCUT2D eigenvalue weighted by molar-refractivity contribution is -0.118. The van der Waals surface area contributed by atoms with Gasteiger partial charge in [0.1, 0.15) is 18.1 Å². The molecule has 0 saturated heterocycles. The van der Waals surface area contributed by atoms with Gasteiger partial charge in [0.15, 0.2) is 6.61 Å². The quantitative estimate of drug-likeness (QED) is 0.651. The summed E-state index contributed by atoms with van der Waals surface area (Å²) in [5.41, 5.74) is 4.05. The molecule has 3 aromatic rings. The first-order valence-electron chi connectivity index (χ1n) is 8.87. The van der Waals surface area contributed by atoms with E-state index >= 15 is 0 Å². The van der Waals surface area contributed by atoms with E-state index in [-0.39, 0.29) is 12.5 Å². The molecule has 4 heteroatoms. The molecule has 27 heavy (non-hydrogen) atoms. The van der Waals surface area contributed by atoms with Crippen molar-refractivity contribution in [2.75, 3.05) is 11.9 Å². The number of hydrogen-bond donors (Lipinski definition) is 1. The first kappa shape index (κ1) is 18.5. The van der Waals surface area contributed by atoms with Crippen LogP contribution in [0.2, 0.25) is 0 Å².